The smallest absolute Gasteiger partial charge is 0.0661 e. The van der Waals surface area contributed by atoms with Gasteiger partial charge in [0.15, 0.2) is 0 Å². The first kappa shape index (κ1) is 30.1. The van der Waals surface area contributed by atoms with E-state index in [1.54, 1.807) is 0 Å². The van der Waals surface area contributed by atoms with Crippen molar-refractivity contribution in [3.05, 3.63) is 0 Å². The van der Waals surface area contributed by atoms with Crippen molar-refractivity contribution in [2.75, 3.05) is 7.11 Å². The predicted molar refractivity (Wildman–Crippen MR) is 137 cm³/mol. The third kappa shape index (κ3) is 5.20. The van der Waals surface area contributed by atoms with Gasteiger partial charge in [0, 0.05) is 7.11 Å². The van der Waals surface area contributed by atoms with E-state index < -0.39 is 0 Å². The fourth-order valence-corrected chi connectivity index (χ4v) is 8.19. The molecule has 0 aromatic rings. The monoisotopic (exact) mass is 437 g/mol. The van der Waals surface area contributed by atoms with Gasteiger partial charge >= 0.3 is 0 Å². The molecule has 4 aliphatic rings. The lowest BCUT2D eigenvalue weighted by molar-refractivity contribution is -0.180. The van der Waals surface area contributed by atoms with Gasteiger partial charge in [0.2, 0.25) is 0 Å². The second kappa shape index (κ2) is 13.6. The van der Waals surface area contributed by atoms with Gasteiger partial charge in [-0.1, -0.05) is 41.0 Å². The maximum atomic E-state index is 9.71. The molecule has 0 radical (unpaired) electrons. The zero-order valence-electron chi connectivity index (χ0n) is 21.5. The van der Waals surface area contributed by atoms with Crippen LogP contribution in [0.15, 0.2) is 0 Å². The Bertz CT molecular complexity index is 640. The molecule has 9 atom stereocenters. The van der Waals surface area contributed by atoms with Crippen LogP contribution in [0.1, 0.15) is 86.0 Å². The first-order valence-corrected chi connectivity index (χ1v) is 12.4. The fraction of sp³-hybridized carbons (Fsp3) is 0.767. The Balaban J connectivity index is 0.00000109. The summed E-state index contributed by atoms with van der Waals surface area (Å²) in [4.78, 5) is 0. The maximum absolute atomic E-state index is 9.71. The van der Waals surface area contributed by atoms with Gasteiger partial charge in [0.05, 0.1) is 18.1 Å². The number of ether oxygens (including phenoxy) is 1. The Morgan fingerprint density at radius 3 is 1.91 bits per heavy atom. The summed E-state index contributed by atoms with van der Waals surface area (Å²) < 4.78 is 6.17. The van der Waals surface area contributed by atoms with Gasteiger partial charge in [-0.05, 0) is 85.4 Å². The van der Waals surface area contributed by atoms with Crippen molar-refractivity contribution in [2.24, 2.45) is 46.3 Å². The molecule has 0 heterocycles. The normalized spacial score (nSPS) is 42.9. The fourth-order valence-electron chi connectivity index (χ4n) is 8.19. The Kier molecular flexibility index (Phi) is 12.8. The third-order valence-corrected chi connectivity index (χ3v) is 9.23. The molecule has 4 fully saturated rings. The van der Waals surface area contributed by atoms with Crippen LogP contribution < -0.4 is 0 Å². The molecular formula is C30H47NO. The number of fused-ring (bicyclic) bond motifs is 5. The lowest BCUT2D eigenvalue weighted by Crippen LogP contribution is -2.59. The van der Waals surface area contributed by atoms with Crippen molar-refractivity contribution < 1.29 is 4.74 Å². The molecule has 0 aromatic carbocycles. The van der Waals surface area contributed by atoms with Gasteiger partial charge in [-0.25, -0.2) is 0 Å². The highest BCUT2D eigenvalue weighted by Crippen LogP contribution is 2.68. The molecule has 4 aliphatic carbocycles. The summed E-state index contributed by atoms with van der Waals surface area (Å²) in [6, 6.07) is 2.66. The molecule has 0 aromatic heterocycles. The Labute approximate surface area is 200 Å². The van der Waals surface area contributed by atoms with Crippen LogP contribution in [0.5, 0.6) is 0 Å². The largest absolute Gasteiger partial charge is 0.381 e. The van der Waals surface area contributed by atoms with Crippen LogP contribution in [0.25, 0.3) is 0 Å². The number of terminal acetylenes is 3. The van der Waals surface area contributed by atoms with E-state index in [4.69, 9.17) is 4.74 Å². The molecule has 32 heavy (non-hydrogen) atoms. The molecule has 4 saturated carbocycles. The molecule has 0 amide bonds. The van der Waals surface area contributed by atoms with E-state index in [2.05, 4.69) is 65.4 Å². The summed E-state index contributed by atoms with van der Waals surface area (Å²) in [7, 11) is 1.93. The second-order valence-electron chi connectivity index (χ2n) is 10.2. The molecule has 0 bridgehead atoms. The van der Waals surface area contributed by atoms with E-state index in [1.807, 2.05) is 21.0 Å². The first-order chi connectivity index (χ1) is 15.4. The summed E-state index contributed by atoms with van der Waals surface area (Å²) in [5.41, 5.74) is 0.660. The third-order valence-electron chi connectivity index (χ3n) is 9.23. The number of methoxy groups -OCH3 is 1. The van der Waals surface area contributed by atoms with E-state index in [1.165, 1.54) is 38.5 Å². The number of hydrogen-bond donors (Lipinski definition) is 0. The van der Waals surface area contributed by atoms with E-state index in [0.29, 0.717) is 11.5 Å². The molecular weight excluding hydrogens is 390 g/mol. The zero-order chi connectivity index (χ0) is 25.1. The van der Waals surface area contributed by atoms with Crippen molar-refractivity contribution in [3.8, 4) is 44.6 Å². The zero-order valence-corrected chi connectivity index (χ0v) is 21.5. The standard InChI is InChI=1S/C22H35NO.C2H6.3C2H2/c1-14-5-6-15-7-9-17-18-10-8-16(13-23)21(18,2)12-19(24-4)20(17)22(15,3)11-14;4*1-2/h14-20H,5-12H2,1-4H3;1-2H3;3*1-2H. The molecule has 0 saturated heterocycles. The summed E-state index contributed by atoms with van der Waals surface area (Å²) in [6.07, 6.45) is 34.9. The second-order valence-corrected chi connectivity index (χ2v) is 10.2. The van der Waals surface area contributed by atoms with E-state index in [0.717, 1.165) is 42.4 Å². The Hall–Kier alpha value is -1.87. The Morgan fingerprint density at radius 1 is 0.812 bits per heavy atom. The number of nitrogens with zero attached hydrogens (tertiary/aromatic N) is 1. The SMILES string of the molecule is C#C.C#C.C#C.CC.COC1CC2(C)C(C#N)CCC2C2CCC3CCC(C)CC3(C)C12. The molecule has 178 valence electrons. The van der Waals surface area contributed by atoms with Crippen LogP contribution in [0.4, 0.5) is 0 Å². The van der Waals surface area contributed by atoms with Gasteiger partial charge in [-0.3, -0.25) is 0 Å². The lowest BCUT2D eigenvalue weighted by atomic mass is 9.43. The van der Waals surface area contributed by atoms with Crippen LogP contribution in [0.2, 0.25) is 0 Å². The maximum Gasteiger partial charge on any atom is 0.0661 e. The molecule has 2 heteroatoms. The summed E-state index contributed by atoms with van der Waals surface area (Å²) in [5, 5.41) is 9.71. The van der Waals surface area contributed by atoms with Crippen LogP contribution >= 0.6 is 0 Å². The Morgan fingerprint density at radius 2 is 1.38 bits per heavy atom. The lowest BCUT2D eigenvalue weighted by Gasteiger charge is -2.63. The van der Waals surface area contributed by atoms with Gasteiger partial charge < -0.3 is 4.74 Å². The highest BCUT2D eigenvalue weighted by atomic mass is 16.5. The number of nitriles is 1. The van der Waals surface area contributed by atoms with Crippen molar-refractivity contribution >= 4 is 0 Å². The van der Waals surface area contributed by atoms with Crippen molar-refractivity contribution in [3.63, 3.8) is 0 Å². The van der Waals surface area contributed by atoms with Gasteiger partial charge in [-0.2, -0.15) is 5.26 Å². The highest BCUT2D eigenvalue weighted by Gasteiger charge is 2.63. The minimum Gasteiger partial charge on any atom is -0.381 e. The first-order valence-electron chi connectivity index (χ1n) is 12.4. The van der Waals surface area contributed by atoms with Crippen LogP contribution in [-0.4, -0.2) is 13.2 Å². The summed E-state index contributed by atoms with van der Waals surface area (Å²) in [6.45, 7) is 11.5. The van der Waals surface area contributed by atoms with E-state index in [-0.39, 0.29) is 11.3 Å². The van der Waals surface area contributed by atoms with Crippen LogP contribution in [-0.2, 0) is 4.74 Å². The van der Waals surface area contributed by atoms with Crippen molar-refractivity contribution in [1.29, 1.82) is 5.26 Å². The van der Waals surface area contributed by atoms with Crippen LogP contribution in [0.3, 0.4) is 0 Å². The highest BCUT2D eigenvalue weighted by molar-refractivity contribution is 5.15. The minimum absolute atomic E-state index is 0.195. The topological polar surface area (TPSA) is 33.0 Å². The molecule has 0 aliphatic heterocycles. The predicted octanol–water partition coefficient (Wildman–Crippen LogP) is 7.20. The minimum atomic E-state index is 0.195. The van der Waals surface area contributed by atoms with Gasteiger partial charge in [0.25, 0.3) is 0 Å². The van der Waals surface area contributed by atoms with Gasteiger partial charge in [-0.15, -0.1) is 38.5 Å². The summed E-state index contributed by atoms with van der Waals surface area (Å²) in [5.74, 6) is 4.29. The average Bonchev–Trinajstić information content (AvgIpc) is 3.19. The molecule has 0 spiro atoms. The molecule has 9 unspecified atom stereocenters. The van der Waals surface area contributed by atoms with Crippen molar-refractivity contribution in [2.45, 2.75) is 92.1 Å². The number of rotatable bonds is 1. The molecule has 2 nitrogen and oxygen atoms in total. The van der Waals surface area contributed by atoms with Crippen LogP contribution in [0, 0.1) is 96.2 Å². The van der Waals surface area contributed by atoms with Crippen molar-refractivity contribution in [1.82, 2.24) is 0 Å². The molecule has 0 N–H and O–H groups in total. The molecule has 4 rings (SSSR count). The van der Waals surface area contributed by atoms with E-state index >= 15 is 0 Å². The quantitative estimate of drug-likeness (QED) is 0.406. The number of hydrogen-bond acceptors (Lipinski definition) is 2. The average molecular weight is 438 g/mol. The van der Waals surface area contributed by atoms with Gasteiger partial charge in [0.1, 0.15) is 0 Å². The summed E-state index contributed by atoms with van der Waals surface area (Å²) >= 11 is 0. The van der Waals surface area contributed by atoms with E-state index in [9.17, 15) is 5.26 Å².